The molecule has 0 spiro atoms. The molecule has 2 atom stereocenters. The molecule has 1 aliphatic heterocycles. The van der Waals surface area contributed by atoms with Crippen LogP contribution in [0.5, 0.6) is 0 Å². The van der Waals surface area contributed by atoms with Crippen molar-refractivity contribution in [2.24, 2.45) is 11.8 Å². The molecule has 0 radical (unpaired) electrons. The van der Waals surface area contributed by atoms with Gasteiger partial charge in [0.05, 0.1) is 18.0 Å². The van der Waals surface area contributed by atoms with Gasteiger partial charge in [-0.1, -0.05) is 38.0 Å². The highest BCUT2D eigenvalue weighted by atomic mass is 16.6. The highest BCUT2D eigenvalue weighted by Crippen LogP contribution is 2.48. The van der Waals surface area contributed by atoms with Crippen LogP contribution >= 0.6 is 0 Å². The van der Waals surface area contributed by atoms with E-state index in [0.717, 1.165) is 81.9 Å². The van der Waals surface area contributed by atoms with Gasteiger partial charge in [0, 0.05) is 12.5 Å². The minimum absolute atomic E-state index is 0.00638. The number of anilines is 1. The molecular formula is C35H51NO6. The fraction of sp³-hybridized carbons (Fsp3) is 0.743. The van der Waals surface area contributed by atoms with Crippen molar-refractivity contribution in [2.45, 2.75) is 147 Å². The number of carbonyl (C=O) groups is 3. The second-order valence-electron chi connectivity index (χ2n) is 14.4. The standard InChI is InChI=1S/C35H51NO6/c1-5-34(18-10-11-19-34)40-30(37)23-25(31(38)41-35(20-12-13-21-35)27-14-6-7-15-27)22-26-24-36(32(39)42-33(2,3)4)29-17-9-8-16-28(26)29/h8-9,16-17,25-27H,5-7,10-15,18-24H2,1-4H3. The number of carbonyl (C=O) groups excluding carboxylic acids is 3. The number of nitrogens with zero attached hydrogens (tertiary/aromatic N) is 1. The third-order valence-corrected chi connectivity index (χ3v) is 10.3. The van der Waals surface area contributed by atoms with Gasteiger partial charge in [0.15, 0.2) is 0 Å². The van der Waals surface area contributed by atoms with Gasteiger partial charge in [-0.15, -0.1) is 0 Å². The highest BCUT2D eigenvalue weighted by Gasteiger charge is 2.48. The van der Waals surface area contributed by atoms with E-state index in [-0.39, 0.29) is 24.3 Å². The predicted octanol–water partition coefficient (Wildman–Crippen LogP) is 8.23. The number of benzene rings is 1. The number of amides is 1. The molecule has 1 amide bonds. The molecule has 3 aliphatic carbocycles. The number of fused-ring (bicyclic) bond motifs is 1. The Morgan fingerprint density at radius 2 is 1.57 bits per heavy atom. The van der Waals surface area contributed by atoms with Gasteiger partial charge in [0.2, 0.25) is 0 Å². The first kappa shape index (κ1) is 30.9. The zero-order valence-electron chi connectivity index (χ0n) is 26.3. The Morgan fingerprint density at radius 1 is 0.929 bits per heavy atom. The third-order valence-electron chi connectivity index (χ3n) is 10.3. The van der Waals surface area contributed by atoms with Gasteiger partial charge < -0.3 is 14.2 Å². The van der Waals surface area contributed by atoms with Gasteiger partial charge in [-0.05, 0) is 115 Å². The SMILES string of the molecule is CCC1(OC(=O)CC(CC2CN(C(=O)OC(C)(C)C)c3ccccc32)C(=O)OC2(C3CCCC3)CCCC2)CCCC1. The Balaban J connectivity index is 1.37. The Labute approximate surface area is 252 Å². The van der Waals surface area contributed by atoms with Crippen molar-refractivity contribution >= 4 is 23.7 Å². The van der Waals surface area contributed by atoms with Gasteiger partial charge in [0.25, 0.3) is 0 Å². The molecule has 3 saturated carbocycles. The van der Waals surface area contributed by atoms with Crippen molar-refractivity contribution in [3.63, 3.8) is 0 Å². The summed E-state index contributed by atoms with van der Waals surface area (Å²) in [5, 5.41) is 0. The number of hydrogen-bond donors (Lipinski definition) is 0. The predicted molar refractivity (Wildman–Crippen MR) is 162 cm³/mol. The van der Waals surface area contributed by atoms with E-state index >= 15 is 0 Å². The van der Waals surface area contributed by atoms with Gasteiger partial charge in [-0.2, -0.15) is 0 Å². The number of esters is 2. The summed E-state index contributed by atoms with van der Waals surface area (Å²) in [6.07, 6.45) is 13.3. The maximum atomic E-state index is 14.2. The molecule has 0 N–H and O–H groups in total. The van der Waals surface area contributed by atoms with E-state index in [0.29, 0.717) is 18.9 Å². The maximum absolute atomic E-state index is 14.2. The Hall–Kier alpha value is -2.57. The number of rotatable bonds is 9. The molecule has 0 aromatic heterocycles. The Kier molecular flexibility index (Phi) is 9.24. The van der Waals surface area contributed by atoms with E-state index in [1.807, 2.05) is 45.0 Å². The second-order valence-corrected chi connectivity index (χ2v) is 14.4. The first-order chi connectivity index (χ1) is 20.0. The average Bonchev–Trinajstić information content (AvgIpc) is 3.75. The van der Waals surface area contributed by atoms with Crippen molar-refractivity contribution in [1.82, 2.24) is 0 Å². The van der Waals surface area contributed by atoms with Gasteiger partial charge >= 0.3 is 18.0 Å². The van der Waals surface area contributed by atoms with Crippen LogP contribution in [-0.4, -0.2) is 41.4 Å². The lowest BCUT2D eigenvalue weighted by Crippen LogP contribution is -2.42. The molecular weight excluding hydrogens is 530 g/mol. The van der Waals surface area contributed by atoms with Crippen molar-refractivity contribution in [1.29, 1.82) is 0 Å². The number of ether oxygens (including phenoxy) is 3. The largest absolute Gasteiger partial charge is 0.459 e. The monoisotopic (exact) mass is 581 g/mol. The van der Waals surface area contributed by atoms with E-state index in [1.54, 1.807) is 4.90 Å². The van der Waals surface area contributed by atoms with Gasteiger partial charge in [0.1, 0.15) is 16.8 Å². The van der Waals surface area contributed by atoms with Crippen molar-refractivity contribution in [2.75, 3.05) is 11.4 Å². The van der Waals surface area contributed by atoms with Crippen LogP contribution in [0, 0.1) is 11.8 Å². The van der Waals surface area contributed by atoms with E-state index in [1.165, 1.54) is 12.8 Å². The topological polar surface area (TPSA) is 82.1 Å². The first-order valence-electron chi connectivity index (χ1n) is 16.6. The summed E-state index contributed by atoms with van der Waals surface area (Å²) in [7, 11) is 0. The maximum Gasteiger partial charge on any atom is 0.414 e. The van der Waals surface area contributed by atoms with E-state index in [4.69, 9.17) is 14.2 Å². The van der Waals surface area contributed by atoms with Gasteiger partial charge in [-0.3, -0.25) is 14.5 Å². The third kappa shape index (κ3) is 6.81. The molecule has 0 bridgehead atoms. The zero-order chi connectivity index (χ0) is 30.0. The Bertz CT molecular complexity index is 1120. The summed E-state index contributed by atoms with van der Waals surface area (Å²) in [6.45, 7) is 8.06. The van der Waals surface area contributed by atoms with E-state index in [2.05, 4.69) is 6.92 Å². The summed E-state index contributed by atoms with van der Waals surface area (Å²) in [4.78, 5) is 42.5. The van der Waals surface area contributed by atoms with Crippen LogP contribution in [0.2, 0.25) is 0 Å². The normalized spacial score (nSPS) is 23.9. The molecule has 3 fully saturated rings. The highest BCUT2D eigenvalue weighted by molar-refractivity contribution is 5.91. The van der Waals surface area contributed by atoms with Crippen LogP contribution in [-0.2, 0) is 23.8 Å². The van der Waals surface area contributed by atoms with Crippen LogP contribution < -0.4 is 4.90 Å². The van der Waals surface area contributed by atoms with Crippen LogP contribution in [0.3, 0.4) is 0 Å². The molecule has 7 nitrogen and oxygen atoms in total. The lowest BCUT2D eigenvalue weighted by molar-refractivity contribution is -0.176. The molecule has 2 unspecified atom stereocenters. The quantitative estimate of drug-likeness (QED) is 0.216. The van der Waals surface area contributed by atoms with Crippen molar-refractivity contribution in [3.8, 4) is 0 Å². The molecule has 5 rings (SSSR count). The van der Waals surface area contributed by atoms with E-state index in [9.17, 15) is 14.4 Å². The molecule has 4 aliphatic rings. The summed E-state index contributed by atoms with van der Waals surface area (Å²) in [5.74, 6) is -0.920. The second kappa shape index (κ2) is 12.6. The van der Waals surface area contributed by atoms with Crippen LogP contribution in [0.25, 0.3) is 0 Å². The van der Waals surface area contributed by atoms with E-state index < -0.39 is 28.8 Å². The van der Waals surface area contributed by atoms with Crippen LogP contribution in [0.15, 0.2) is 24.3 Å². The van der Waals surface area contributed by atoms with Crippen LogP contribution in [0.4, 0.5) is 10.5 Å². The average molecular weight is 582 g/mol. The lowest BCUT2D eigenvalue weighted by atomic mass is 9.83. The summed E-state index contributed by atoms with van der Waals surface area (Å²) in [5.41, 5.74) is 0.380. The zero-order valence-corrected chi connectivity index (χ0v) is 26.3. The summed E-state index contributed by atoms with van der Waals surface area (Å²) >= 11 is 0. The molecule has 1 aromatic rings. The summed E-state index contributed by atoms with van der Waals surface area (Å²) in [6, 6.07) is 7.83. The number of para-hydroxylation sites is 1. The smallest absolute Gasteiger partial charge is 0.414 e. The van der Waals surface area contributed by atoms with Crippen molar-refractivity contribution in [3.05, 3.63) is 29.8 Å². The fourth-order valence-electron chi connectivity index (χ4n) is 8.13. The number of hydrogen-bond acceptors (Lipinski definition) is 6. The van der Waals surface area contributed by atoms with Crippen molar-refractivity contribution < 1.29 is 28.6 Å². The molecule has 232 valence electrons. The summed E-state index contributed by atoms with van der Waals surface area (Å²) < 4.78 is 18.4. The minimum atomic E-state index is -0.636. The Morgan fingerprint density at radius 3 is 2.21 bits per heavy atom. The molecule has 1 heterocycles. The molecule has 42 heavy (non-hydrogen) atoms. The minimum Gasteiger partial charge on any atom is -0.459 e. The first-order valence-corrected chi connectivity index (χ1v) is 16.6. The van der Waals surface area contributed by atoms with Gasteiger partial charge in [-0.25, -0.2) is 4.79 Å². The van der Waals surface area contributed by atoms with Crippen LogP contribution in [0.1, 0.15) is 135 Å². The lowest BCUT2D eigenvalue weighted by Gasteiger charge is -2.37. The molecule has 7 heteroatoms. The molecule has 0 saturated heterocycles. The fourth-order valence-corrected chi connectivity index (χ4v) is 8.13. The molecule has 1 aromatic carbocycles.